The van der Waals surface area contributed by atoms with Crippen molar-refractivity contribution in [3.8, 4) is 5.75 Å². The van der Waals surface area contributed by atoms with Crippen LogP contribution in [0.15, 0.2) is 24.3 Å². The predicted molar refractivity (Wildman–Crippen MR) is 64.8 cm³/mol. The normalized spacial score (nSPS) is 11.9. The second-order valence-corrected chi connectivity index (χ2v) is 3.83. The second kappa shape index (κ2) is 6.10. The quantitative estimate of drug-likeness (QED) is 0.735. The van der Waals surface area contributed by atoms with Crippen molar-refractivity contribution in [1.82, 2.24) is 10.2 Å². The number of hydrogen-bond donors (Lipinski definition) is 3. The van der Waals surface area contributed by atoms with Crippen LogP contribution in [0.1, 0.15) is 18.6 Å². The van der Waals surface area contributed by atoms with Gasteiger partial charge in [0, 0.05) is 13.6 Å². The molecule has 3 N–H and O–H groups in total. The highest BCUT2D eigenvalue weighted by Crippen LogP contribution is 2.18. The van der Waals surface area contributed by atoms with Crippen molar-refractivity contribution in [3.05, 3.63) is 29.8 Å². The van der Waals surface area contributed by atoms with Gasteiger partial charge >= 0.3 is 6.03 Å². The van der Waals surface area contributed by atoms with E-state index < -0.39 is 6.10 Å². The lowest BCUT2D eigenvalue weighted by Gasteiger charge is -2.21. The molecule has 2 amide bonds. The number of benzene rings is 1. The first-order valence-electron chi connectivity index (χ1n) is 5.50. The Morgan fingerprint density at radius 1 is 1.53 bits per heavy atom. The molecule has 1 aromatic rings. The fraction of sp³-hybridized carbons (Fsp3) is 0.417. The molecule has 0 aromatic heterocycles. The lowest BCUT2D eigenvalue weighted by atomic mass is 10.1. The van der Waals surface area contributed by atoms with Crippen molar-refractivity contribution in [1.29, 1.82) is 0 Å². The summed E-state index contributed by atoms with van der Waals surface area (Å²) in [5.74, 6) is 0.0993. The SMILES string of the molecule is CCNC(=O)N(C)CC(O)c1cccc(O)c1. The van der Waals surface area contributed by atoms with Crippen LogP contribution < -0.4 is 5.32 Å². The maximum atomic E-state index is 11.4. The number of rotatable bonds is 4. The summed E-state index contributed by atoms with van der Waals surface area (Å²) in [5, 5.41) is 21.8. The van der Waals surface area contributed by atoms with Crippen molar-refractivity contribution < 1.29 is 15.0 Å². The van der Waals surface area contributed by atoms with Crippen molar-refractivity contribution in [2.75, 3.05) is 20.1 Å². The molecule has 5 heteroatoms. The van der Waals surface area contributed by atoms with Crippen molar-refractivity contribution in [3.63, 3.8) is 0 Å². The molecule has 0 fully saturated rings. The van der Waals surface area contributed by atoms with Crippen LogP contribution in [0.5, 0.6) is 5.75 Å². The number of urea groups is 1. The highest BCUT2D eigenvalue weighted by atomic mass is 16.3. The van der Waals surface area contributed by atoms with Gasteiger partial charge < -0.3 is 20.4 Å². The summed E-state index contributed by atoms with van der Waals surface area (Å²) in [6.07, 6.45) is -0.810. The number of phenolic OH excluding ortho intramolecular Hbond substituents is 1. The molecule has 0 saturated heterocycles. The van der Waals surface area contributed by atoms with Crippen LogP contribution >= 0.6 is 0 Å². The zero-order valence-electron chi connectivity index (χ0n) is 10.1. The number of carbonyl (C=O) groups is 1. The van der Waals surface area contributed by atoms with E-state index in [1.165, 1.54) is 17.0 Å². The first-order chi connectivity index (χ1) is 8.04. The average molecular weight is 238 g/mol. The van der Waals surface area contributed by atoms with Crippen LogP contribution in [0.3, 0.4) is 0 Å². The molecule has 0 aliphatic carbocycles. The highest BCUT2D eigenvalue weighted by molar-refractivity contribution is 5.73. The summed E-state index contributed by atoms with van der Waals surface area (Å²) in [6, 6.07) is 6.14. The van der Waals surface area contributed by atoms with Gasteiger partial charge in [0.2, 0.25) is 0 Å². The minimum atomic E-state index is -0.810. The number of aliphatic hydroxyl groups is 1. The number of nitrogens with one attached hydrogen (secondary N) is 1. The standard InChI is InChI=1S/C12H18N2O3/c1-3-13-12(17)14(2)8-11(16)9-5-4-6-10(15)7-9/h4-7,11,15-16H,3,8H2,1-2H3,(H,13,17). The van der Waals surface area contributed by atoms with Crippen LogP contribution in [0.25, 0.3) is 0 Å². The van der Waals surface area contributed by atoms with E-state index in [-0.39, 0.29) is 18.3 Å². The minimum absolute atomic E-state index is 0.0993. The number of likely N-dealkylation sites (N-methyl/N-ethyl adjacent to an activating group) is 1. The van der Waals surface area contributed by atoms with Crippen LogP contribution in [0, 0.1) is 0 Å². The first kappa shape index (κ1) is 13.3. The summed E-state index contributed by atoms with van der Waals surface area (Å²) < 4.78 is 0. The number of amides is 2. The molecule has 1 aromatic carbocycles. The molecular formula is C12H18N2O3. The summed E-state index contributed by atoms with van der Waals surface area (Å²) in [5.41, 5.74) is 0.584. The number of hydrogen-bond acceptors (Lipinski definition) is 3. The first-order valence-corrected chi connectivity index (χ1v) is 5.50. The zero-order valence-corrected chi connectivity index (χ0v) is 10.1. The molecule has 94 valence electrons. The number of aliphatic hydroxyl groups excluding tert-OH is 1. The third-order valence-corrected chi connectivity index (χ3v) is 2.38. The monoisotopic (exact) mass is 238 g/mol. The van der Waals surface area contributed by atoms with Gasteiger partial charge in [-0.1, -0.05) is 12.1 Å². The van der Waals surface area contributed by atoms with Gasteiger partial charge in [-0.25, -0.2) is 4.79 Å². The van der Waals surface area contributed by atoms with E-state index in [0.29, 0.717) is 12.1 Å². The number of phenols is 1. The summed E-state index contributed by atoms with van der Waals surface area (Å²) in [4.78, 5) is 12.8. The average Bonchev–Trinajstić information content (AvgIpc) is 2.29. The lowest BCUT2D eigenvalue weighted by molar-refractivity contribution is 0.131. The molecule has 1 rings (SSSR count). The van der Waals surface area contributed by atoms with Crippen molar-refractivity contribution >= 4 is 6.03 Å². The molecule has 0 bridgehead atoms. The molecule has 0 spiro atoms. The van der Waals surface area contributed by atoms with Crippen molar-refractivity contribution in [2.45, 2.75) is 13.0 Å². The van der Waals surface area contributed by atoms with E-state index in [1.54, 1.807) is 19.2 Å². The molecule has 5 nitrogen and oxygen atoms in total. The number of nitrogens with zero attached hydrogens (tertiary/aromatic N) is 1. The molecule has 0 radical (unpaired) electrons. The smallest absolute Gasteiger partial charge is 0.317 e. The van der Waals surface area contributed by atoms with Gasteiger partial charge in [0.05, 0.1) is 12.6 Å². The van der Waals surface area contributed by atoms with Crippen LogP contribution in [0.2, 0.25) is 0 Å². The lowest BCUT2D eigenvalue weighted by Crippen LogP contribution is -2.39. The van der Waals surface area contributed by atoms with Crippen LogP contribution in [-0.2, 0) is 0 Å². The topological polar surface area (TPSA) is 72.8 Å². The Labute approximate surface area is 101 Å². The Hall–Kier alpha value is -1.75. The maximum Gasteiger partial charge on any atom is 0.317 e. The minimum Gasteiger partial charge on any atom is -0.508 e. The largest absolute Gasteiger partial charge is 0.508 e. The highest BCUT2D eigenvalue weighted by Gasteiger charge is 2.14. The van der Waals surface area contributed by atoms with E-state index in [9.17, 15) is 15.0 Å². The third-order valence-electron chi connectivity index (χ3n) is 2.38. The van der Waals surface area contributed by atoms with Gasteiger partial charge in [-0.15, -0.1) is 0 Å². The molecule has 1 unspecified atom stereocenters. The van der Waals surface area contributed by atoms with Gasteiger partial charge in [0.1, 0.15) is 5.75 Å². The Kier molecular flexibility index (Phi) is 4.78. The molecule has 0 aliphatic heterocycles. The Morgan fingerprint density at radius 3 is 2.82 bits per heavy atom. The number of aromatic hydroxyl groups is 1. The third kappa shape index (κ3) is 3.96. The molecule has 0 aliphatic rings. The fourth-order valence-electron chi connectivity index (χ4n) is 1.47. The van der Waals surface area contributed by atoms with Crippen LogP contribution in [-0.4, -0.2) is 41.3 Å². The Balaban J connectivity index is 2.60. The predicted octanol–water partition coefficient (Wildman–Crippen LogP) is 1.09. The Bertz CT molecular complexity index is 382. The van der Waals surface area contributed by atoms with E-state index >= 15 is 0 Å². The molecule has 0 saturated carbocycles. The maximum absolute atomic E-state index is 11.4. The zero-order chi connectivity index (χ0) is 12.8. The summed E-state index contributed by atoms with van der Waals surface area (Å²) >= 11 is 0. The van der Waals surface area contributed by atoms with Gasteiger partial charge in [0.15, 0.2) is 0 Å². The van der Waals surface area contributed by atoms with E-state index in [2.05, 4.69) is 5.32 Å². The van der Waals surface area contributed by atoms with Gasteiger partial charge in [0.25, 0.3) is 0 Å². The van der Waals surface area contributed by atoms with E-state index in [0.717, 1.165) is 0 Å². The molecule has 0 heterocycles. The van der Waals surface area contributed by atoms with E-state index in [4.69, 9.17) is 0 Å². The Morgan fingerprint density at radius 2 is 2.24 bits per heavy atom. The fourth-order valence-corrected chi connectivity index (χ4v) is 1.47. The second-order valence-electron chi connectivity index (χ2n) is 3.83. The van der Waals surface area contributed by atoms with Gasteiger partial charge in [-0.3, -0.25) is 0 Å². The van der Waals surface area contributed by atoms with E-state index in [1.807, 2.05) is 6.92 Å². The van der Waals surface area contributed by atoms with Crippen molar-refractivity contribution in [2.24, 2.45) is 0 Å². The summed E-state index contributed by atoms with van der Waals surface area (Å²) in [6.45, 7) is 2.55. The van der Waals surface area contributed by atoms with Gasteiger partial charge in [-0.05, 0) is 24.6 Å². The molecule has 17 heavy (non-hydrogen) atoms. The molecule has 1 atom stereocenters. The summed E-state index contributed by atoms with van der Waals surface area (Å²) in [7, 11) is 1.61. The van der Waals surface area contributed by atoms with Gasteiger partial charge in [-0.2, -0.15) is 0 Å². The van der Waals surface area contributed by atoms with Crippen LogP contribution in [0.4, 0.5) is 4.79 Å². The number of carbonyl (C=O) groups excluding carboxylic acids is 1. The molecular weight excluding hydrogens is 220 g/mol.